The smallest absolute Gasteiger partial charge is 0.330 e. The van der Waals surface area contributed by atoms with Gasteiger partial charge in [-0.2, -0.15) is 0 Å². The number of benzene rings is 2. The van der Waals surface area contributed by atoms with Gasteiger partial charge in [0, 0.05) is 25.0 Å². The molecule has 0 spiro atoms. The number of rotatable bonds is 2. The van der Waals surface area contributed by atoms with Crippen LogP contribution in [-0.4, -0.2) is 21.2 Å². The van der Waals surface area contributed by atoms with E-state index in [9.17, 15) is 9.59 Å². The molecule has 0 bridgehead atoms. The van der Waals surface area contributed by atoms with Crippen molar-refractivity contribution in [3.05, 3.63) is 69.4 Å². The van der Waals surface area contributed by atoms with Crippen LogP contribution in [0.3, 0.4) is 0 Å². The van der Waals surface area contributed by atoms with E-state index in [0.717, 1.165) is 10.1 Å². The maximum Gasteiger partial charge on any atom is 0.330 e. The highest BCUT2D eigenvalue weighted by atomic mass is 16.5. The molecule has 0 saturated carbocycles. The monoisotopic (exact) mass is 347 g/mol. The molecule has 0 fully saturated rings. The summed E-state index contributed by atoms with van der Waals surface area (Å²) in [7, 11) is 4.72. The first-order chi connectivity index (χ1) is 12.5. The topological polar surface area (TPSA) is 66.1 Å². The molecule has 0 aliphatic rings. The van der Waals surface area contributed by atoms with E-state index in [1.165, 1.54) is 11.6 Å². The number of fused-ring (bicyclic) bond motifs is 3. The molecule has 130 valence electrons. The lowest BCUT2D eigenvalue weighted by Gasteiger charge is -2.14. The van der Waals surface area contributed by atoms with Gasteiger partial charge in [-0.1, -0.05) is 30.3 Å². The molecule has 6 heteroatoms. The van der Waals surface area contributed by atoms with E-state index < -0.39 is 0 Å². The van der Waals surface area contributed by atoms with Gasteiger partial charge in [-0.15, -0.1) is 0 Å². The van der Waals surface area contributed by atoms with E-state index >= 15 is 0 Å². The molecule has 0 atom stereocenters. The van der Waals surface area contributed by atoms with Gasteiger partial charge >= 0.3 is 5.69 Å². The first kappa shape index (κ1) is 16.1. The van der Waals surface area contributed by atoms with Gasteiger partial charge in [-0.25, -0.2) is 9.78 Å². The minimum atomic E-state index is -0.378. The summed E-state index contributed by atoms with van der Waals surface area (Å²) < 4.78 is 7.92. The Balaban J connectivity index is 2.33. The number of hydrogen-bond donors (Lipinski definition) is 0. The van der Waals surface area contributed by atoms with Gasteiger partial charge in [-0.3, -0.25) is 13.9 Å². The summed E-state index contributed by atoms with van der Waals surface area (Å²) >= 11 is 0. The zero-order chi connectivity index (χ0) is 18.4. The number of pyridine rings is 1. The van der Waals surface area contributed by atoms with Crippen LogP contribution in [0.25, 0.3) is 33.1 Å². The second kappa shape index (κ2) is 5.84. The van der Waals surface area contributed by atoms with Crippen molar-refractivity contribution in [2.45, 2.75) is 0 Å². The van der Waals surface area contributed by atoms with Crippen molar-refractivity contribution in [2.75, 3.05) is 7.11 Å². The number of methoxy groups -OCH3 is 1. The van der Waals surface area contributed by atoms with Crippen molar-refractivity contribution >= 4 is 21.8 Å². The standard InChI is InChI=1S/C20H17N3O3/c1-22-18-14-11-13(26-3)9-10-15(14)21-17(12-7-5-4-6-8-12)16(18)19(24)23(2)20(22)25/h4-11H,1-3H3. The fourth-order valence-electron chi connectivity index (χ4n) is 3.28. The summed E-state index contributed by atoms with van der Waals surface area (Å²) in [5.41, 5.74) is 1.90. The molecule has 0 aliphatic heterocycles. The van der Waals surface area contributed by atoms with E-state index in [-0.39, 0.29) is 11.2 Å². The second-order valence-corrected chi connectivity index (χ2v) is 6.14. The van der Waals surface area contributed by atoms with Crippen LogP contribution >= 0.6 is 0 Å². The van der Waals surface area contributed by atoms with Gasteiger partial charge in [0.2, 0.25) is 0 Å². The molecule has 6 nitrogen and oxygen atoms in total. The van der Waals surface area contributed by atoms with Crippen LogP contribution in [0.2, 0.25) is 0 Å². The molecule has 2 aromatic heterocycles. The molecule has 0 radical (unpaired) electrons. The van der Waals surface area contributed by atoms with Gasteiger partial charge in [0.05, 0.1) is 29.2 Å². The molecule has 0 aliphatic carbocycles. The number of hydrogen-bond acceptors (Lipinski definition) is 4. The normalized spacial score (nSPS) is 11.2. The summed E-state index contributed by atoms with van der Waals surface area (Å²) in [5, 5.41) is 1.12. The molecule has 2 heterocycles. The van der Waals surface area contributed by atoms with E-state index in [0.29, 0.717) is 33.2 Å². The van der Waals surface area contributed by atoms with E-state index in [1.54, 1.807) is 20.2 Å². The fourth-order valence-corrected chi connectivity index (χ4v) is 3.28. The Hall–Kier alpha value is -3.41. The van der Waals surface area contributed by atoms with Crippen LogP contribution < -0.4 is 16.0 Å². The molecular weight excluding hydrogens is 330 g/mol. The molecule has 4 aromatic rings. The molecule has 0 unspecified atom stereocenters. The van der Waals surface area contributed by atoms with Crippen molar-refractivity contribution in [2.24, 2.45) is 14.1 Å². The zero-order valence-electron chi connectivity index (χ0n) is 14.7. The minimum Gasteiger partial charge on any atom is -0.497 e. The molecular formula is C20H17N3O3. The summed E-state index contributed by atoms with van der Waals surface area (Å²) in [5.74, 6) is 0.640. The lowest BCUT2D eigenvalue weighted by Crippen LogP contribution is -2.37. The largest absolute Gasteiger partial charge is 0.497 e. The van der Waals surface area contributed by atoms with Crippen molar-refractivity contribution in [1.29, 1.82) is 0 Å². The maximum atomic E-state index is 13.0. The van der Waals surface area contributed by atoms with Crippen LogP contribution in [0.5, 0.6) is 5.75 Å². The molecule has 2 aromatic carbocycles. The Morgan fingerprint density at radius 2 is 1.69 bits per heavy atom. The van der Waals surface area contributed by atoms with Gasteiger partial charge in [0.15, 0.2) is 0 Å². The van der Waals surface area contributed by atoms with Crippen molar-refractivity contribution in [3.63, 3.8) is 0 Å². The minimum absolute atomic E-state index is 0.362. The van der Waals surface area contributed by atoms with Crippen molar-refractivity contribution in [1.82, 2.24) is 14.1 Å². The molecule has 26 heavy (non-hydrogen) atoms. The number of aromatic nitrogens is 3. The fraction of sp³-hybridized carbons (Fsp3) is 0.150. The van der Waals surface area contributed by atoms with Crippen LogP contribution in [0.15, 0.2) is 58.1 Å². The second-order valence-electron chi connectivity index (χ2n) is 6.14. The van der Waals surface area contributed by atoms with Gasteiger partial charge in [0.25, 0.3) is 5.56 Å². The average Bonchev–Trinajstić information content (AvgIpc) is 2.69. The Kier molecular flexibility index (Phi) is 3.61. The molecule has 4 rings (SSSR count). The third-order valence-electron chi connectivity index (χ3n) is 4.64. The SMILES string of the molecule is COc1ccc2nc(-c3ccccc3)c3c(=O)n(C)c(=O)n(C)c3c2c1. The summed E-state index contributed by atoms with van der Waals surface area (Å²) in [4.78, 5) is 30.2. The molecule has 0 amide bonds. The third-order valence-corrected chi connectivity index (χ3v) is 4.64. The van der Waals surface area contributed by atoms with Crippen molar-refractivity contribution in [3.8, 4) is 17.0 Å². The first-order valence-electron chi connectivity index (χ1n) is 8.16. The maximum absolute atomic E-state index is 13.0. The molecule has 0 saturated heterocycles. The van der Waals surface area contributed by atoms with Crippen molar-refractivity contribution < 1.29 is 4.74 Å². The zero-order valence-corrected chi connectivity index (χ0v) is 14.7. The summed E-state index contributed by atoms with van der Waals surface area (Å²) in [6, 6.07) is 15.0. The Bertz CT molecular complexity index is 1270. The Morgan fingerprint density at radius 1 is 0.962 bits per heavy atom. The van der Waals surface area contributed by atoms with Gasteiger partial charge < -0.3 is 4.74 Å². The Morgan fingerprint density at radius 3 is 2.38 bits per heavy atom. The van der Waals surface area contributed by atoms with E-state index in [4.69, 9.17) is 9.72 Å². The van der Waals surface area contributed by atoms with Crippen LogP contribution in [-0.2, 0) is 14.1 Å². The van der Waals surface area contributed by atoms with Gasteiger partial charge in [0.1, 0.15) is 5.75 Å². The van der Waals surface area contributed by atoms with Crippen LogP contribution in [0.4, 0.5) is 0 Å². The Labute approximate surface area is 148 Å². The highest BCUT2D eigenvalue weighted by Gasteiger charge is 2.18. The quantitative estimate of drug-likeness (QED) is 0.523. The predicted octanol–water partition coefficient (Wildman–Crippen LogP) is 2.46. The number of nitrogens with zero attached hydrogens (tertiary/aromatic N) is 3. The highest BCUT2D eigenvalue weighted by Crippen LogP contribution is 2.31. The molecule has 0 N–H and O–H groups in total. The summed E-state index contributed by atoms with van der Waals surface area (Å²) in [6.07, 6.45) is 0. The summed E-state index contributed by atoms with van der Waals surface area (Å²) in [6.45, 7) is 0. The highest BCUT2D eigenvalue weighted by molar-refractivity contribution is 6.09. The number of aryl methyl sites for hydroxylation is 1. The van der Waals surface area contributed by atoms with Crippen LogP contribution in [0, 0.1) is 0 Å². The average molecular weight is 347 g/mol. The predicted molar refractivity (Wildman–Crippen MR) is 102 cm³/mol. The van der Waals surface area contributed by atoms with E-state index in [1.807, 2.05) is 42.5 Å². The van der Waals surface area contributed by atoms with Crippen LogP contribution in [0.1, 0.15) is 0 Å². The first-order valence-corrected chi connectivity index (χ1v) is 8.16. The lowest BCUT2D eigenvalue weighted by atomic mass is 10.0. The van der Waals surface area contributed by atoms with E-state index in [2.05, 4.69) is 0 Å². The van der Waals surface area contributed by atoms with Gasteiger partial charge in [-0.05, 0) is 18.2 Å². The number of ether oxygens (including phenoxy) is 1. The third kappa shape index (κ3) is 2.23. The lowest BCUT2D eigenvalue weighted by molar-refractivity contribution is 0.415.